The number of aryl methyl sites for hydroxylation is 1. The molecule has 6 nitrogen and oxygen atoms in total. The van der Waals surface area contributed by atoms with Gasteiger partial charge in [0.15, 0.2) is 0 Å². The van der Waals surface area contributed by atoms with E-state index in [-0.39, 0.29) is 10.6 Å². The van der Waals surface area contributed by atoms with Crippen LogP contribution in [0.2, 0.25) is 0 Å². The van der Waals surface area contributed by atoms with Crippen LogP contribution >= 0.6 is 0 Å². The molecule has 0 amide bonds. The molecule has 1 saturated heterocycles. The molecule has 0 saturated carbocycles. The lowest BCUT2D eigenvalue weighted by molar-refractivity contribution is -0.385. The Morgan fingerprint density at radius 3 is 2.84 bits per heavy atom. The molecular weight excluding hydrogens is 244 g/mol. The van der Waals surface area contributed by atoms with E-state index in [0.717, 1.165) is 19.6 Å². The van der Waals surface area contributed by atoms with E-state index in [4.69, 9.17) is 0 Å². The van der Waals surface area contributed by atoms with Crippen LogP contribution in [0.3, 0.4) is 0 Å². The van der Waals surface area contributed by atoms with Gasteiger partial charge in [-0.25, -0.2) is 4.98 Å². The molecular formula is C13H20N4O2. The average molecular weight is 264 g/mol. The summed E-state index contributed by atoms with van der Waals surface area (Å²) in [4.78, 5) is 17.1. The van der Waals surface area contributed by atoms with Gasteiger partial charge in [0.2, 0.25) is 0 Å². The van der Waals surface area contributed by atoms with E-state index in [1.54, 1.807) is 13.1 Å². The molecule has 1 fully saturated rings. The predicted octanol–water partition coefficient (Wildman–Crippen LogP) is 2.19. The summed E-state index contributed by atoms with van der Waals surface area (Å²) in [5.41, 5.74) is 0.703. The second kappa shape index (κ2) is 5.97. The van der Waals surface area contributed by atoms with Crippen LogP contribution in [0, 0.1) is 17.0 Å². The lowest BCUT2D eigenvalue weighted by atomic mass is 10.2. The molecule has 1 aromatic rings. The molecule has 1 atom stereocenters. The van der Waals surface area contributed by atoms with Crippen LogP contribution in [0.4, 0.5) is 11.5 Å². The first-order chi connectivity index (χ1) is 9.08. The van der Waals surface area contributed by atoms with E-state index in [1.165, 1.54) is 18.9 Å². The molecule has 0 aliphatic carbocycles. The van der Waals surface area contributed by atoms with Gasteiger partial charge in [-0.05, 0) is 39.8 Å². The van der Waals surface area contributed by atoms with Crippen molar-refractivity contribution in [3.8, 4) is 0 Å². The highest BCUT2D eigenvalue weighted by Crippen LogP contribution is 2.20. The van der Waals surface area contributed by atoms with Crippen LogP contribution in [0.15, 0.2) is 12.3 Å². The smallest absolute Gasteiger partial charge is 0.277 e. The lowest BCUT2D eigenvalue weighted by Crippen LogP contribution is -2.35. The number of anilines is 1. The highest BCUT2D eigenvalue weighted by atomic mass is 16.6. The first-order valence-electron chi connectivity index (χ1n) is 6.67. The SMILES string of the molecule is Cc1cnc(NCC(C)N2CCCC2)cc1[N+](=O)[O-]. The maximum Gasteiger partial charge on any atom is 0.277 e. The second-order valence-corrected chi connectivity index (χ2v) is 5.09. The Bertz CT molecular complexity index is 458. The third-order valence-corrected chi connectivity index (χ3v) is 3.61. The Morgan fingerprint density at radius 2 is 2.21 bits per heavy atom. The van der Waals surface area contributed by atoms with Crippen LogP contribution in [0.25, 0.3) is 0 Å². The first-order valence-corrected chi connectivity index (χ1v) is 6.67. The van der Waals surface area contributed by atoms with Gasteiger partial charge in [-0.3, -0.25) is 15.0 Å². The molecule has 1 aliphatic heterocycles. The van der Waals surface area contributed by atoms with Crippen molar-refractivity contribution in [3.63, 3.8) is 0 Å². The quantitative estimate of drug-likeness (QED) is 0.652. The van der Waals surface area contributed by atoms with Gasteiger partial charge in [-0.1, -0.05) is 0 Å². The zero-order valence-electron chi connectivity index (χ0n) is 11.4. The van der Waals surface area contributed by atoms with Crippen molar-refractivity contribution in [1.82, 2.24) is 9.88 Å². The lowest BCUT2D eigenvalue weighted by Gasteiger charge is -2.24. The van der Waals surface area contributed by atoms with Crippen molar-refractivity contribution >= 4 is 11.5 Å². The van der Waals surface area contributed by atoms with Crippen molar-refractivity contribution in [2.24, 2.45) is 0 Å². The Hall–Kier alpha value is -1.69. The zero-order chi connectivity index (χ0) is 13.8. The minimum atomic E-state index is -0.369. The van der Waals surface area contributed by atoms with E-state index in [9.17, 15) is 10.1 Å². The molecule has 1 unspecified atom stereocenters. The van der Waals surface area contributed by atoms with Crippen LogP contribution in [-0.4, -0.2) is 40.5 Å². The molecule has 0 bridgehead atoms. The summed E-state index contributed by atoms with van der Waals surface area (Å²) in [7, 11) is 0. The minimum Gasteiger partial charge on any atom is -0.368 e. The summed E-state index contributed by atoms with van der Waals surface area (Å²) in [5.74, 6) is 0.573. The van der Waals surface area contributed by atoms with Crippen LogP contribution in [-0.2, 0) is 0 Å². The van der Waals surface area contributed by atoms with Gasteiger partial charge >= 0.3 is 0 Å². The van der Waals surface area contributed by atoms with Crippen LogP contribution in [0.1, 0.15) is 25.3 Å². The molecule has 0 radical (unpaired) electrons. The number of hydrogen-bond acceptors (Lipinski definition) is 5. The molecule has 1 aliphatic rings. The summed E-state index contributed by atoms with van der Waals surface area (Å²) in [6.45, 7) is 6.91. The Balaban J connectivity index is 1.95. The van der Waals surface area contributed by atoms with Crippen molar-refractivity contribution in [1.29, 1.82) is 0 Å². The number of likely N-dealkylation sites (tertiary alicyclic amines) is 1. The molecule has 19 heavy (non-hydrogen) atoms. The normalized spacial score (nSPS) is 17.4. The molecule has 104 valence electrons. The number of pyridine rings is 1. The van der Waals surface area contributed by atoms with Gasteiger partial charge < -0.3 is 5.32 Å². The van der Waals surface area contributed by atoms with Crippen molar-refractivity contribution in [2.45, 2.75) is 32.7 Å². The fourth-order valence-corrected chi connectivity index (χ4v) is 2.37. The zero-order valence-corrected chi connectivity index (χ0v) is 11.4. The molecule has 1 aromatic heterocycles. The molecule has 2 rings (SSSR count). The summed E-state index contributed by atoms with van der Waals surface area (Å²) in [6, 6.07) is 1.93. The van der Waals surface area contributed by atoms with E-state index < -0.39 is 0 Å². The minimum absolute atomic E-state index is 0.117. The molecule has 6 heteroatoms. The number of nitro groups is 1. The maximum atomic E-state index is 10.9. The van der Waals surface area contributed by atoms with Crippen LogP contribution < -0.4 is 5.32 Å². The van der Waals surface area contributed by atoms with Gasteiger partial charge in [0.1, 0.15) is 5.82 Å². The van der Waals surface area contributed by atoms with Gasteiger partial charge in [-0.2, -0.15) is 0 Å². The molecule has 1 N–H and O–H groups in total. The molecule has 0 aromatic carbocycles. The number of aromatic nitrogens is 1. The standard InChI is InChI=1S/C13H20N4O2/c1-10-8-14-13(7-12(10)17(18)19)15-9-11(2)16-5-3-4-6-16/h7-8,11H,3-6,9H2,1-2H3,(H,14,15). The van der Waals surface area contributed by atoms with Crippen molar-refractivity contribution in [3.05, 3.63) is 27.9 Å². The summed E-state index contributed by atoms with van der Waals surface area (Å²) in [6.07, 6.45) is 4.07. The number of nitrogens with one attached hydrogen (secondary N) is 1. The topological polar surface area (TPSA) is 71.3 Å². The van der Waals surface area contributed by atoms with E-state index >= 15 is 0 Å². The highest BCUT2D eigenvalue weighted by molar-refractivity contribution is 5.48. The van der Waals surface area contributed by atoms with E-state index in [0.29, 0.717) is 17.4 Å². The number of rotatable bonds is 5. The summed E-state index contributed by atoms with van der Waals surface area (Å²) in [5, 5.41) is 14.0. The molecule has 0 spiro atoms. The van der Waals surface area contributed by atoms with E-state index in [2.05, 4.69) is 22.1 Å². The highest BCUT2D eigenvalue weighted by Gasteiger charge is 2.18. The summed E-state index contributed by atoms with van der Waals surface area (Å²) >= 11 is 0. The third kappa shape index (κ3) is 3.41. The van der Waals surface area contributed by atoms with Gasteiger partial charge in [0.05, 0.1) is 11.0 Å². The Kier molecular flexibility index (Phi) is 4.31. The van der Waals surface area contributed by atoms with Gasteiger partial charge in [0.25, 0.3) is 5.69 Å². The van der Waals surface area contributed by atoms with Crippen molar-refractivity contribution in [2.75, 3.05) is 25.0 Å². The Morgan fingerprint density at radius 1 is 1.53 bits per heavy atom. The number of nitrogens with zero attached hydrogens (tertiary/aromatic N) is 3. The predicted molar refractivity (Wildman–Crippen MR) is 74.4 cm³/mol. The van der Waals surface area contributed by atoms with Gasteiger partial charge in [0, 0.05) is 24.3 Å². The largest absolute Gasteiger partial charge is 0.368 e. The third-order valence-electron chi connectivity index (χ3n) is 3.61. The molecule has 2 heterocycles. The van der Waals surface area contributed by atoms with Gasteiger partial charge in [-0.15, -0.1) is 0 Å². The van der Waals surface area contributed by atoms with Crippen molar-refractivity contribution < 1.29 is 4.92 Å². The fourth-order valence-electron chi connectivity index (χ4n) is 2.37. The second-order valence-electron chi connectivity index (χ2n) is 5.09. The average Bonchev–Trinajstić information content (AvgIpc) is 2.91. The Labute approximate surface area is 113 Å². The number of hydrogen-bond donors (Lipinski definition) is 1. The van der Waals surface area contributed by atoms with Crippen LogP contribution in [0.5, 0.6) is 0 Å². The maximum absolute atomic E-state index is 10.9. The van der Waals surface area contributed by atoms with E-state index in [1.807, 2.05) is 0 Å². The monoisotopic (exact) mass is 264 g/mol. The first kappa shape index (κ1) is 13.7. The summed E-state index contributed by atoms with van der Waals surface area (Å²) < 4.78 is 0. The fraction of sp³-hybridized carbons (Fsp3) is 0.615.